The summed E-state index contributed by atoms with van der Waals surface area (Å²) in [6, 6.07) is 12.5. The van der Waals surface area contributed by atoms with Crippen LogP contribution in [-0.4, -0.2) is 64.1 Å². The van der Waals surface area contributed by atoms with Gasteiger partial charge in [-0.1, -0.05) is 0 Å². The fourth-order valence-corrected chi connectivity index (χ4v) is 3.80. The molecule has 0 N–H and O–H groups in total. The molecule has 3 rings (SSSR count). The van der Waals surface area contributed by atoms with Gasteiger partial charge in [-0.3, -0.25) is 0 Å². The fourth-order valence-electron chi connectivity index (χ4n) is 3.80. The van der Waals surface area contributed by atoms with Crippen molar-refractivity contribution in [2.24, 2.45) is 0 Å². The van der Waals surface area contributed by atoms with Crippen LogP contribution < -0.4 is 14.7 Å². The Morgan fingerprint density at radius 3 is 2.40 bits per heavy atom. The zero-order valence-electron chi connectivity index (χ0n) is 19.2. The lowest BCUT2D eigenvalue weighted by Gasteiger charge is -2.17. The summed E-state index contributed by atoms with van der Waals surface area (Å²) in [5, 5.41) is 2.23. The predicted molar refractivity (Wildman–Crippen MR) is 126 cm³/mol. The van der Waals surface area contributed by atoms with Crippen LogP contribution in [0.1, 0.15) is 19.4 Å². The molecular weight excluding hydrogens is 374 g/mol. The Kier molecular flexibility index (Phi) is 6.60. The van der Waals surface area contributed by atoms with E-state index in [0.717, 1.165) is 52.3 Å². The van der Waals surface area contributed by atoms with E-state index in [-0.39, 0.29) is 0 Å². The van der Waals surface area contributed by atoms with Crippen molar-refractivity contribution in [1.29, 1.82) is 0 Å². The Bertz CT molecular complexity index is 1140. The van der Waals surface area contributed by atoms with Gasteiger partial charge in [0.25, 0.3) is 0 Å². The minimum atomic E-state index is 0.783. The Morgan fingerprint density at radius 2 is 1.80 bits per heavy atom. The van der Waals surface area contributed by atoms with E-state index in [1.807, 2.05) is 40.3 Å². The summed E-state index contributed by atoms with van der Waals surface area (Å²) < 4.78 is 16.2. The second-order valence-corrected chi connectivity index (χ2v) is 7.83. The zero-order valence-corrected chi connectivity index (χ0v) is 19.2. The summed E-state index contributed by atoms with van der Waals surface area (Å²) in [5.74, 6) is 1.65. The van der Waals surface area contributed by atoms with Gasteiger partial charge in [-0.05, 0) is 32.0 Å². The lowest BCUT2D eigenvalue weighted by Crippen LogP contribution is -2.29. The Labute approximate surface area is 179 Å². The SMILES string of the molecule is CC[N+](CC)=c1ccc2c(/C(C=[N+](C)C)=C\N(C)C)c3ccc(OC)cc3oc-2c1. The molecule has 2 aliphatic rings. The standard InChI is InChI=1S/C25H33N3O2/c1-8-28(9-2)19-10-12-21-23(14-19)30-24-15-20(29-7)11-13-22(24)25(21)18(16-26(3)4)17-27(5)6/h10-17H,8-9H2,1-7H3/q+2. The molecular formula is C25H33N3O2+2. The van der Waals surface area contributed by atoms with E-state index in [2.05, 4.69) is 64.6 Å². The first kappa shape index (κ1) is 21.6. The van der Waals surface area contributed by atoms with Crippen LogP contribution in [0.25, 0.3) is 27.9 Å². The number of allylic oxidation sites excluding steroid dienone is 1. The van der Waals surface area contributed by atoms with Crippen molar-refractivity contribution < 1.29 is 13.7 Å². The molecule has 1 aromatic rings. The second-order valence-electron chi connectivity index (χ2n) is 7.83. The van der Waals surface area contributed by atoms with Crippen LogP contribution >= 0.6 is 0 Å². The third-order valence-electron chi connectivity index (χ3n) is 5.12. The molecule has 0 bridgehead atoms. The highest BCUT2D eigenvalue weighted by Crippen LogP contribution is 2.37. The monoisotopic (exact) mass is 407 g/mol. The van der Waals surface area contributed by atoms with Crippen LogP contribution in [0.3, 0.4) is 0 Å². The van der Waals surface area contributed by atoms with E-state index in [0.29, 0.717) is 0 Å². The number of ether oxygens (including phenoxy) is 1. The quantitative estimate of drug-likeness (QED) is 0.355. The second kappa shape index (κ2) is 9.16. The fraction of sp³-hybridized carbons (Fsp3) is 0.360. The van der Waals surface area contributed by atoms with Crippen LogP contribution in [0.15, 0.2) is 47.0 Å². The first-order chi connectivity index (χ1) is 14.4. The minimum absolute atomic E-state index is 0.783. The van der Waals surface area contributed by atoms with E-state index < -0.39 is 0 Å². The summed E-state index contributed by atoms with van der Waals surface area (Å²) in [7, 11) is 9.86. The van der Waals surface area contributed by atoms with Gasteiger partial charge in [-0.25, -0.2) is 9.15 Å². The van der Waals surface area contributed by atoms with Gasteiger partial charge < -0.3 is 14.1 Å². The zero-order chi connectivity index (χ0) is 21.8. The molecule has 158 valence electrons. The lowest BCUT2D eigenvalue weighted by atomic mass is 9.94. The molecule has 1 heterocycles. The van der Waals surface area contributed by atoms with Crippen LogP contribution in [0.4, 0.5) is 0 Å². The third kappa shape index (κ3) is 4.40. The van der Waals surface area contributed by atoms with Crippen molar-refractivity contribution in [3.05, 3.63) is 53.5 Å². The summed E-state index contributed by atoms with van der Waals surface area (Å²) in [4.78, 5) is 2.07. The number of hydrogen-bond acceptors (Lipinski definition) is 3. The number of rotatable bonds is 6. The van der Waals surface area contributed by atoms with Crippen LogP contribution in [0.2, 0.25) is 0 Å². The third-order valence-corrected chi connectivity index (χ3v) is 5.12. The number of hydrogen-bond donors (Lipinski definition) is 0. The molecule has 30 heavy (non-hydrogen) atoms. The summed E-state index contributed by atoms with van der Waals surface area (Å²) >= 11 is 0. The van der Waals surface area contributed by atoms with Gasteiger partial charge in [0.15, 0.2) is 6.21 Å². The molecule has 0 unspecified atom stereocenters. The van der Waals surface area contributed by atoms with Crippen molar-refractivity contribution in [3.8, 4) is 17.1 Å². The van der Waals surface area contributed by atoms with Crippen molar-refractivity contribution in [2.45, 2.75) is 13.8 Å². The average molecular weight is 408 g/mol. The number of methoxy groups -OCH3 is 1. The number of benzene rings is 2. The van der Waals surface area contributed by atoms with E-state index in [1.54, 1.807) is 7.11 Å². The van der Waals surface area contributed by atoms with Crippen LogP contribution in [-0.2, 0) is 0 Å². The minimum Gasteiger partial charge on any atom is -0.497 e. The van der Waals surface area contributed by atoms with Crippen molar-refractivity contribution in [3.63, 3.8) is 0 Å². The summed E-state index contributed by atoms with van der Waals surface area (Å²) in [6.45, 7) is 6.25. The first-order valence-corrected chi connectivity index (χ1v) is 10.4. The largest absolute Gasteiger partial charge is 0.497 e. The predicted octanol–water partition coefficient (Wildman–Crippen LogP) is 3.60. The maximum Gasteiger partial charge on any atom is 0.203 e. The van der Waals surface area contributed by atoms with Crippen LogP contribution in [0.5, 0.6) is 5.75 Å². The Balaban J connectivity index is 2.48. The maximum absolute atomic E-state index is 6.39. The molecule has 0 aromatic heterocycles. The molecule has 0 amide bonds. The molecule has 5 nitrogen and oxygen atoms in total. The van der Waals surface area contributed by atoms with Crippen molar-refractivity contribution in [1.82, 2.24) is 9.48 Å². The van der Waals surface area contributed by atoms with Gasteiger partial charge in [0.1, 0.15) is 44.3 Å². The van der Waals surface area contributed by atoms with E-state index in [4.69, 9.17) is 9.15 Å². The summed E-state index contributed by atoms with van der Waals surface area (Å²) in [5.41, 5.74) is 4.18. The molecule has 0 atom stereocenters. The van der Waals surface area contributed by atoms with Gasteiger partial charge in [0.05, 0.1) is 18.7 Å². The van der Waals surface area contributed by atoms with Gasteiger partial charge in [0, 0.05) is 48.9 Å². The number of nitrogens with zero attached hydrogens (tertiary/aromatic N) is 3. The van der Waals surface area contributed by atoms with Crippen molar-refractivity contribution in [2.75, 3.05) is 48.4 Å². The molecule has 0 radical (unpaired) electrons. The molecule has 0 saturated carbocycles. The van der Waals surface area contributed by atoms with Crippen molar-refractivity contribution >= 4 is 22.8 Å². The van der Waals surface area contributed by atoms with E-state index >= 15 is 0 Å². The Morgan fingerprint density at radius 1 is 1.07 bits per heavy atom. The van der Waals surface area contributed by atoms with Gasteiger partial charge in [0.2, 0.25) is 5.36 Å². The molecule has 1 aliphatic heterocycles. The highest BCUT2D eigenvalue weighted by atomic mass is 16.5. The van der Waals surface area contributed by atoms with Crippen LogP contribution in [0, 0.1) is 0 Å². The van der Waals surface area contributed by atoms with Gasteiger partial charge in [-0.15, -0.1) is 0 Å². The molecule has 1 aromatic carbocycles. The van der Waals surface area contributed by atoms with Gasteiger partial charge in [-0.2, -0.15) is 0 Å². The smallest absolute Gasteiger partial charge is 0.203 e. The number of fused-ring (bicyclic) bond motifs is 2. The molecule has 0 saturated heterocycles. The summed E-state index contributed by atoms with van der Waals surface area (Å²) in [6.07, 6.45) is 4.30. The lowest BCUT2D eigenvalue weighted by molar-refractivity contribution is -0.458. The molecule has 5 heteroatoms. The molecule has 0 spiro atoms. The first-order valence-electron chi connectivity index (χ1n) is 10.4. The topological polar surface area (TPSA) is 31.6 Å². The Hall–Kier alpha value is -3.08. The highest BCUT2D eigenvalue weighted by molar-refractivity contribution is 6.15. The van der Waals surface area contributed by atoms with Gasteiger partial charge >= 0.3 is 0 Å². The average Bonchev–Trinajstić information content (AvgIpc) is 2.71. The maximum atomic E-state index is 6.39. The highest BCUT2D eigenvalue weighted by Gasteiger charge is 2.21. The van der Waals surface area contributed by atoms with E-state index in [1.165, 1.54) is 5.36 Å². The molecule has 0 fully saturated rings. The molecule has 1 aliphatic carbocycles. The normalized spacial score (nSPS) is 11.6. The van der Waals surface area contributed by atoms with E-state index in [9.17, 15) is 0 Å².